The van der Waals surface area contributed by atoms with Gasteiger partial charge in [0.25, 0.3) is 0 Å². The van der Waals surface area contributed by atoms with Crippen molar-refractivity contribution in [1.29, 1.82) is 0 Å². The van der Waals surface area contributed by atoms with Crippen LogP contribution in [0.3, 0.4) is 0 Å². The molecule has 0 aliphatic heterocycles. The topological polar surface area (TPSA) is 24.9 Å². The van der Waals surface area contributed by atoms with Crippen molar-refractivity contribution in [3.63, 3.8) is 0 Å². The highest BCUT2D eigenvalue weighted by molar-refractivity contribution is 6.29. The van der Waals surface area contributed by atoms with Gasteiger partial charge in [-0.1, -0.05) is 24.6 Å². The van der Waals surface area contributed by atoms with Crippen molar-refractivity contribution in [1.82, 2.24) is 10.3 Å². The molecule has 1 aliphatic rings. The van der Waals surface area contributed by atoms with Gasteiger partial charge in [-0.05, 0) is 37.4 Å². The second kappa shape index (κ2) is 4.28. The summed E-state index contributed by atoms with van der Waals surface area (Å²) in [6, 6.07) is 4.48. The van der Waals surface area contributed by atoms with Crippen LogP contribution in [0.25, 0.3) is 0 Å². The van der Waals surface area contributed by atoms with E-state index >= 15 is 0 Å². The van der Waals surface area contributed by atoms with Gasteiger partial charge in [0.15, 0.2) is 0 Å². The van der Waals surface area contributed by atoms with Crippen LogP contribution in [0.2, 0.25) is 5.15 Å². The molecule has 0 fully saturated rings. The van der Waals surface area contributed by atoms with E-state index in [4.69, 9.17) is 11.6 Å². The summed E-state index contributed by atoms with van der Waals surface area (Å²) in [5.74, 6) is 0. The van der Waals surface area contributed by atoms with Crippen molar-refractivity contribution in [3.8, 4) is 0 Å². The third kappa shape index (κ3) is 1.91. The second-order valence-electron chi connectivity index (χ2n) is 3.72. The maximum Gasteiger partial charge on any atom is 0.129 e. The Morgan fingerprint density at radius 1 is 1.57 bits per heavy atom. The number of hydrogen-bond acceptors (Lipinski definition) is 2. The number of nitrogens with one attached hydrogen (secondary N) is 1. The molecule has 1 N–H and O–H groups in total. The molecule has 0 spiro atoms. The van der Waals surface area contributed by atoms with Crippen LogP contribution in [0.1, 0.15) is 37.1 Å². The van der Waals surface area contributed by atoms with Crippen LogP contribution >= 0.6 is 11.6 Å². The number of fused-ring (bicyclic) bond motifs is 1. The average Bonchev–Trinajstić information content (AvgIpc) is 2.57. The molecule has 0 saturated heterocycles. The van der Waals surface area contributed by atoms with Gasteiger partial charge < -0.3 is 5.32 Å². The zero-order valence-electron chi connectivity index (χ0n) is 8.39. The van der Waals surface area contributed by atoms with Crippen LogP contribution in [-0.2, 0) is 6.42 Å². The van der Waals surface area contributed by atoms with Gasteiger partial charge in [0, 0.05) is 11.7 Å². The molecule has 2 rings (SSSR count). The van der Waals surface area contributed by atoms with E-state index < -0.39 is 0 Å². The summed E-state index contributed by atoms with van der Waals surface area (Å²) < 4.78 is 0. The van der Waals surface area contributed by atoms with E-state index in [2.05, 4.69) is 23.3 Å². The standard InChI is InChI=1S/C11H15ClN2/c1-2-7-13-9-4-5-10-8(9)3-6-11(12)14-10/h3,6,9,13H,2,4-5,7H2,1H3. The second-order valence-corrected chi connectivity index (χ2v) is 4.10. The monoisotopic (exact) mass is 210 g/mol. The van der Waals surface area contributed by atoms with Crippen LogP contribution in [0, 0.1) is 0 Å². The molecular weight excluding hydrogens is 196 g/mol. The van der Waals surface area contributed by atoms with Gasteiger partial charge in [-0.15, -0.1) is 0 Å². The first-order valence-corrected chi connectivity index (χ1v) is 5.57. The van der Waals surface area contributed by atoms with Crippen molar-refractivity contribution in [2.45, 2.75) is 32.2 Å². The van der Waals surface area contributed by atoms with Crippen LogP contribution in [0.5, 0.6) is 0 Å². The van der Waals surface area contributed by atoms with Crippen molar-refractivity contribution in [2.24, 2.45) is 0 Å². The number of halogens is 1. The van der Waals surface area contributed by atoms with Gasteiger partial charge in [-0.3, -0.25) is 0 Å². The van der Waals surface area contributed by atoms with E-state index in [9.17, 15) is 0 Å². The Morgan fingerprint density at radius 2 is 2.43 bits per heavy atom. The molecule has 1 heterocycles. The molecule has 76 valence electrons. The summed E-state index contributed by atoms with van der Waals surface area (Å²) in [6.07, 6.45) is 3.38. The molecule has 1 unspecified atom stereocenters. The lowest BCUT2D eigenvalue weighted by Crippen LogP contribution is -2.19. The lowest BCUT2D eigenvalue weighted by atomic mass is 10.1. The lowest BCUT2D eigenvalue weighted by Gasteiger charge is -2.12. The first kappa shape index (κ1) is 9.94. The van der Waals surface area contributed by atoms with E-state index in [0.717, 1.165) is 19.4 Å². The Bertz CT molecular complexity index is 325. The Kier molecular flexibility index (Phi) is 3.04. The van der Waals surface area contributed by atoms with Crippen LogP contribution in [-0.4, -0.2) is 11.5 Å². The maximum absolute atomic E-state index is 5.84. The van der Waals surface area contributed by atoms with E-state index in [1.54, 1.807) is 0 Å². The molecule has 3 heteroatoms. The molecule has 0 radical (unpaired) electrons. The van der Waals surface area contributed by atoms with Crippen molar-refractivity contribution >= 4 is 11.6 Å². The summed E-state index contributed by atoms with van der Waals surface area (Å²) in [6.45, 7) is 3.26. The number of nitrogens with zero attached hydrogens (tertiary/aromatic N) is 1. The van der Waals surface area contributed by atoms with Gasteiger partial charge in [0.1, 0.15) is 5.15 Å². The van der Waals surface area contributed by atoms with E-state index in [1.807, 2.05) is 6.07 Å². The van der Waals surface area contributed by atoms with E-state index in [1.165, 1.54) is 17.7 Å². The number of pyridine rings is 1. The quantitative estimate of drug-likeness (QED) is 0.777. The zero-order chi connectivity index (χ0) is 9.97. The van der Waals surface area contributed by atoms with E-state index in [-0.39, 0.29) is 0 Å². The molecular formula is C11H15ClN2. The number of rotatable bonds is 3. The smallest absolute Gasteiger partial charge is 0.129 e. The van der Waals surface area contributed by atoms with Crippen LogP contribution < -0.4 is 5.32 Å². The third-order valence-electron chi connectivity index (χ3n) is 2.66. The van der Waals surface area contributed by atoms with Gasteiger partial charge in [-0.2, -0.15) is 0 Å². The Morgan fingerprint density at radius 3 is 3.21 bits per heavy atom. The molecule has 0 saturated carbocycles. The average molecular weight is 211 g/mol. The fourth-order valence-corrected chi connectivity index (χ4v) is 2.14. The van der Waals surface area contributed by atoms with Crippen LogP contribution in [0.4, 0.5) is 0 Å². The predicted octanol–water partition coefficient (Wildman–Crippen LogP) is 2.72. The lowest BCUT2D eigenvalue weighted by molar-refractivity contribution is 0.529. The molecule has 0 bridgehead atoms. The SMILES string of the molecule is CCCNC1CCc2nc(Cl)ccc21. The van der Waals surface area contributed by atoms with Crippen molar-refractivity contribution < 1.29 is 0 Å². The molecule has 1 atom stereocenters. The summed E-state index contributed by atoms with van der Waals surface area (Å²) in [4.78, 5) is 4.34. The highest BCUT2D eigenvalue weighted by atomic mass is 35.5. The number of aryl methyl sites for hydroxylation is 1. The van der Waals surface area contributed by atoms with Gasteiger partial charge >= 0.3 is 0 Å². The molecule has 1 aliphatic carbocycles. The summed E-state index contributed by atoms with van der Waals surface area (Å²) >= 11 is 5.84. The maximum atomic E-state index is 5.84. The summed E-state index contributed by atoms with van der Waals surface area (Å²) in [5.41, 5.74) is 2.51. The molecule has 2 nitrogen and oxygen atoms in total. The first-order valence-electron chi connectivity index (χ1n) is 5.20. The zero-order valence-corrected chi connectivity index (χ0v) is 9.14. The summed E-state index contributed by atoms with van der Waals surface area (Å²) in [7, 11) is 0. The minimum atomic E-state index is 0.495. The Balaban J connectivity index is 2.14. The Hall–Kier alpha value is -0.600. The first-order chi connectivity index (χ1) is 6.81. The molecule has 1 aromatic heterocycles. The largest absolute Gasteiger partial charge is 0.310 e. The fraction of sp³-hybridized carbons (Fsp3) is 0.545. The van der Waals surface area contributed by atoms with Gasteiger partial charge in [0.05, 0.1) is 0 Å². The molecule has 14 heavy (non-hydrogen) atoms. The predicted molar refractivity (Wildman–Crippen MR) is 58.6 cm³/mol. The Labute approximate surface area is 89.7 Å². The van der Waals surface area contributed by atoms with E-state index in [0.29, 0.717) is 11.2 Å². The van der Waals surface area contributed by atoms with Crippen LogP contribution in [0.15, 0.2) is 12.1 Å². The molecule has 1 aromatic rings. The minimum Gasteiger partial charge on any atom is -0.310 e. The molecule has 0 aromatic carbocycles. The normalized spacial score (nSPS) is 19.7. The highest BCUT2D eigenvalue weighted by Crippen LogP contribution is 2.30. The van der Waals surface area contributed by atoms with Gasteiger partial charge in [-0.25, -0.2) is 4.98 Å². The number of hydrogen-bond donors (Lipinski definition) is 1. The van der Waals surface area contributed by atoms with Gasteiger partial charge in [0.2, 0.25) is 0 Å². The highest BCUT2D eigenvalue weighted by Gasteiger charge is 2.22. The van der Waals surface area contributed by atoms with Crippen molar-refractivity contribution in [2.75, 3.05) is 6.54 Å². The molecule has 0 amide bonds. The van der Waals surface area contributed by atoms with Crippen molar-refractivity contribution in [3.05, 3.63) is 28.5 Å². The summed E-state index contributed by atoms with van der Waals surface area (Å²) in [5, 5.41) is 4.13. The third-order valence-corrected chi connectivity index (χ3v) is 2.87. The number of aromatic nitrogens is 1. The minimum absolute atomic E-state index is 0.495. The fourth-order valence-electron chi connectivity index (χ4n) is 1.97.